The Labute approximate surface area is 161 Å². The summed E-state index contributed by atoms with van der Waals surface area (Å²) in [4.78, 5) is 14.0. The average molecular weight is 406 g/mol. The number of ether oxygens (including phenoxy) is 3. The molecule has 1 atom stereocenters. The Bertz CT molecular complexity index is 612. The third-order valence-electron chi connectivity index (χ3n) is 5.68. The van der Waals surface area contributed by atoms with Crippen molar-refractivity contribution in [3.8, 4) is 0 Å². The molecule has 0 radical (unpaired) electrons. The van der Waals surface area contributed by atoms with Gasteiger partial charge in [0, 0.05) is 53.3 Å². The summed E-state index contributed by atoms with van der Waals surface area (Å²) in [6.07, 6.45) is 2.74. The quantitative estimate of drug-likeness (QED) is 0.623. The molecule has 0 aromatic carbocycles. The first-order valence-corrected chi connectivity index (χ1v) is 11.0. The zero-order valence-corrected chi connectivity index (χ0v) is 17.1. The molecular weight excluding hydrogens is 374 g/mol. The molecule has 0 saturated carbocycles. The SMILES string of the molecule is CN(C)S(=O)(=O)N1CCC2(CC1)CC(OCC(=O)N1CCOCC1)CCO2. The zero-order valence-electron chi connectivity index (χ0n) is 16.3. The van der Waals surface area contributed by atoms with E-state index >= 15 is 0 Å². The van der Waals surface area contributed by atoms with Crippen molar-refractivity contribution in [2.45, 2.75) is 37.4 Å². The van der Waals surface area contributed by atoms with Crippen LogP contribution in [0.4, 0.5) is 0 Å². The molecule has 0 aliphatic carbocycles. The third-order valence-corrected chi connectivity index (χ3v) is 7.62. The smallest absolute Gasteiger partial charge is 0.281 e. The van der Waals surface area contributed by atoms with E-state index in [2.05, 4.69) is 0 Å². The van der Waals surface area contributed by atoms with Gasteiger partial charge in [-0.3, -0.25) is 4.79 Å². The van der Waals surface area contributed by atoms with Crippen LogP contribution in [0.5, 0.6) is 0 Å². The Kier molecular flexibility index (Phi) is 6.75. The van der Waals surface area contributed by atoms with Gasteiger partial charge in [0.25, 0.3) is 10.2 Å². The van der Waals surface area contributed by atoms with Crippen molar-refractivity contribution in [2.75, 3.05) is 66.7 Å². The van der Waals surface area contributed by atoms with Crippen molar-refractivity contribution in [1.29, 1.82) is 0 Å². The average Bonchev–Trinajstić information content (AvgIpc) is 2.67. The molecule has 1 spiro atoms. The molecule has 3 aliphatic heterocycles. The van der Waals surface area contributed by atoms with Crippen LogP contribution in [0, 0.1) is 0 Å². The number of hydrogen-bond donors (Lipinski definition) is 0. The second-order valence-electron chi connectivity index (χ2n) is 7.64. The summed E-state index contributed by atoms with van der Waals surface area (Å²) in [6.45, 7) is 3.96. The Balaban J connectivity index is 1.49. The first-order valence-electron chi connectivity index (χ1n) is 9.61. The topological polar surface area (TPSA) is 88.6 Å². The molecule has 0 aromatic heterocycles. The molecule has 1 amide bonds. The van der Waals surface area contributed by atoms with Gasteiger partial charge in [-0.2, -0.15) is 17.0 Å². The highest BCUT2D eigenvalue weighted by molar-refractivity contribution is 7.86. The van der Waals surface area contributed by atoms with Crippen molar-refractivity contribution in [1.82, 2.24) is 13.5 Å². The van der Waals surface area contributed by atoms with Gasteiger partial charge in [0.1, 0.15) is 6.61 Å². The highest BCUT2D eigenvalue weighted by atomic mass is 32.2. The highest BCUT2D eigenvalue weighted by Gasteiger charge is 2.43. The van der Waals surface area contributed by atoms with Crippen LogP contribution in [-0.2, 0) is 29.2 Å². The van der Waals surface area contributed by atoms with Gasteiger partial charge in [0.05, 0.1) is 24.9 Å². The molecular formula is C17H31N3O6S. The molecule has 27 heavy (non-hydrogen) atoms. The lowest BCUT2D eigenvalue weighted by molar-refractivity contribution is -0.162. The minimum absolute atomic E-state index is 0.00531. The first kappa shape index (κ1) is 20.9. The maximum atomic E-state index is 12.3. The lowest BCUT2D eigenvalue weighted by Crippen LogP contribution is -2.53. The summed E-state index contributed by atoms with van der Waals surface area (Å²) in [5, 5.41) is 0. The van der Waals surface area contributed by atoms with Crippen LogP contribution in [0.2, 0.25) is 0 Å². The van der Waals surface area contributed by atoms with Crippen LogP contribution < -0.4 is 0 Å². The molecule has 3 heterocycles. The van der Waals surface area contributed by atoms with E-state index in [1.54, 1.807) is 19.0 Å². The molecule has 0 aromatic rings. The predicted molar refractivity (Wildman–Crippen MR) is 98.5 cm³/mol. The Morgan fingerprint density at radius 3 is 2.44 bits per heavy atom. The maximum absolute atomic E-state index is 12.3. The Hall–Kier alpha value is -0.780. The van der Waals surface area contributed by atoms with Gasteiger partial charge in [0.15, 0.2) is 0 Å². The summed E-state index contributed by atoms with van der Waals surface area (Å²) < 4.78 is 44.5. The van der Waals surface area contributed by atoms with Gasteiger partial charge in [-0.05, 0) is 19.3 Å². The monoisotopic (exact) mass is 405 g/mol. The Morgan fingerprint density at radius 2 is 1.81 bits per heavy atom. The van der Waals surface area contributed by atoms with Crippen LogP contribution in [0.15, 0.2) is 0 Å². The van der Waals surface area contributed by atoms with E-state index in [-0.39, 0.29) is 24.2 Å². The van der Waals surface area contributed by atoms with Crippen LogP contribution in [-0.4, -0.2) is 106 Å². The molecule has 3 aliphatic rings. The first-order chi connectivity index (χ1) is 12.8. The molecule has 10 heteroatoms. The van der Waals surface area contributed by atoms with Gasteiger partial charge < -0.3 is 19.1 Å². The number of piperidine rings is 1. The van der Waals surface area contributed by atoms with E-state index < -0.39 is 10.2 Å². The molecule has 3 saturated heterocycles. The van der Waals surface area contributed by atoms with Crippen LogP contribution in [0.1, 0.15) is 25.7 Å². The van der Waals surface area contributed by atoms with Crippen molar-refractivity contribution >= 4 is 16.1 Å². The fourth-order valence-electron chi connectivity index (χ4n) is 3.92. The van der Waals surface area contributed by atoms with Crippen molar-refractivity contribution in [3.63, 3.8) is 0 Å². The standard InChI is InChI=1S/C17H31N3O6S/c1-18(2)27(22,23)20-6-4-17(5-7-20)13-15(3-10-26-17)25-14-16(21)19-8-11-24-12-9-19/h15H,3-14H2,1-2H3. The van der Waals surface area contributed by atoms with Crippen molar-refractivity contribution in [3.05, 3.63) is 0 Å². The van der Waals surface area contributed by atoms with E-state index in [0.29, 0.717) is 65.3 Å². The molecule has 1 unspecified atom stereocenters. The second kappa shape index (κ2) is 8.71. The lowest BCUT2D eigenvalue weighted by Gasteiger charge is -2.45. The van der Waals surface area contributed by atoms with Gasteiger partial charge in [-0.25, -0.2) is 0 Å². The normalized spacial score (nSPS) is 27.2. The molecule has 0 bridgehead atoms. The molecule has 156 valence electrons. The van der Waals surface area contributed by atoms with Gasteiger partial charge in [0.2, 0.25) is 5.91 Å². The van der Waals surface area contributed by atoms with Crippen LogP contribution in [0.25, 0.3) is 0 Å². The third kappa shape index (κ3) is 4.99. The second-order valence-corrected chi connectivity index (χ2v) is 9.78. The zero-order chi connectivity index (χ0) is 19.5. The molecule has 3 rings (SSSR count). The van der Waals surface area contributed by atoms with Gasteiger partial charge >= 0.3 is 0 Å². The number of nitrogens with zero attached hydrogens (tertiary/aromatic N) is 3. The van der Waals surface area contributed by atoms with E-state index in [4.69, 9.17) is 14.2 Å². The summed E-state index contributed by atoms with van der Waals surface area (Å²) in [6, 6.07) is 0. The van der Waals surface area contributed by atoms with Gasteiger partial charge in [-0.15, -0.1) is 0 Å². The molecule has 9 nitrogen and oxygen atoms in total. The summed E-state index contributed by atoms with van der Waals surface area (Å²) in [5.74, 6) is 0.00531. The lowest BCUT2D eigenvalue weighted by atomic mass is 9.84. The number of hydrogen-bond acceptors (Lipinski definition) is 6. The minimum Gasteiger partial charge on any atom is -0.378 e. The summed E-state index contributed by atoms with van der Waals surface area (Å²) in [5.41, 5.74) is -0.344. The number of rotatable bonds is 5. The number of carbonyl (C=O) groups excluding carboxylic acids is 1. The van der Waals surface area contributed by atoms with Gasteiger partial charge in [-0.1, -0.05) is 0 Å². The Morgan fingerprint density at radius 1 is 1.15 bits per heavy atom. The predicted octanol–water partition coefficient (Wildman–Crippen LogP) is -0.318. The summed E-state index contributed by atoms with van der Waals surface area (Å²) in [7, 11) is -0.288. The minimum atomic E-state index is -3.38. The largest absolute Gasteiger partial charge is 0.378 e. The molecule has 3 fully saturated rings. The number of amides is 1. The molecule has 0 N–H and O–H groups in total. The van der Waals surface area contributed by atoms with E-state index in [0.717, 1.165) is 6.42 Å². The van der Waals surface area contributed by atoms with Crippen LogP contribution in [0.3, 0.4) is 0 Å². The highest BCUT2D eigenvalue weighted by Crippen LogP contribution is 2.36. The van der Waals surface area contributed by atoms with E-state index in [1.807, 2.05) is 0 Å². The fourth-order valence-corrected chi connectivity index (χ4v) is 5.03. The van der Waals surface area contributed by atoms with Crippen molar-refractivity contribution in [2.24, 2.45) is 0 Å². The van der Waals surface area contributed by atoms with E-state index in [9.17, 15) is 13.2 Å². The van der Waals surface area contributed by atoms with Crippen molar-refractivity contribution < 1.29 is 27.4 Å². The van der Waals surface area contributed by atoms with Crippen LogP contribution >= 0.6 is 0 Å². The number of morpholine rings is 1. The maximum Gasteiger partial charge on any atom is 0.281 e. The fraction of sp³-hybridized carbons (Fsp3) is 0.941. The van der Waals surface area contributed by atoms with E-state index in [1.165, 1.54) is 8.61 Å². The summed E-state index contributed by atoms with van der Waals surface area (Å²) >= 11 is 0. The number of carbonyl (C=O) groups is 1.